The molecule has 0 saturated carbocycles. The number of benzene rings is 3. The van der Waals surface area contributed by atoms with Gasteiger partial charge in [0.05, 0.1) is 28.3 Å². The number of anilines is 1. The molecule has 4 aromatic rings. The van der Waals surface area contributed by atoms with E-state index in [0.29, 0.717) is 31.1 Å². The molecule has 5 nitrogen and oxygen atoms in total. The number of imidazole rings is 1. The number of hydrogen-bond acceptors (Lipinski definition) is 3. The molecule has 31 heavy (non-hydrogen) atoms. The number of fused-ring (bicyclic) bond motifs is 1. The third kappa shape index (κ3) is 3.89. The Morgan fingerprint density at radius 1 is 0.968 bits per heavy atom. The first kappa shape index (κ1) is 19.6. The van der Waals surface area contributed by atoms with Gasteiger partial charge in [0.2, 0.25) is 5.91 Å². The van der Waals surface area contributed by atoms with Crippen LogP contribution in [0.15, 0.2) is 78.9 Å². The monoisotopic (exact) mass is 431 g/mol. The van der Waals surface area contributed by atoms with E-state index in [4.69, 9.17) is 21.3 Å². The first-order valence-electron chi connectivity index (χ1n) is 10.4. The Hall–Kier alpha value is -3.31. The lowest BCUT2D eigenvalue weighted by molar-refractivity contribution is -0.117. The minimum atomic E-state index is -0.00658. The number of para-hydroxylation sites is 4. The zero-order valence-electron chi connectivity index (χ0n) is 16.9. The Labute approximate surface area is 185 Å². The molecule has 1 saturated heterocycles. The molecule has 6 heteroatoms. The molecule has 156 valence electrons. The molecule has 3 aromatic carbocycles. The minimum absolute atomic E-state index is 0.00658. The molecule has 1 aliphatic heterocycles. The van der Waals surface area contributed by atoms with Crippen LogP contribution >= 0.6 is 11.6 Å². The quantitative estimate of drug-likeness (QED) is 0.416. The fourth-order valence-corrected chi connectivity index (χ4v) is 4.43. The molecular weight excluding hydrogens is 410 g/mol. The van der Waals surface area contributed by atoms with E-state index in [1.165, 1.54) is 0 Å². The van der Waals surface area contributed by atoms with Crippen LogP contribution in [0.3, 0.4) is 0 Å². The molecule has 0 bridgehead atoms. The molecule has 1 atom stereocenters. The first-order chi connectivity index (χ1) is 15.2. The lowest BCUT2D eigenvalue weighted by Crippen LogP contribution is -2.25. The summed E-state index contributed by atoms with van der Waals surface area (Å²) >= 11 is 6.35. The van der Waals surface area contributed by atoms with Crippen LogP contribution in [-0.4, -0.2) is 28.6 Å². The number of hydrogen-bond donors (Lipinski definition) is 0. The zero-order chi connectivity index (χ0) is 21.2. The van der Waals surface area contributed by atoms with Crippen LogP contribution in [0.4, 0.5) is 5.69 Å². The van der Waals surface area contributed by atoms with Gasteiger partial charge in [0.15, 0.2) is 0 Å². The fraction of sp³-hybridized carbons (Fsp3) is 0.200. The lowest BCUT2D eigenvalue weighted by Gasteiger charge is -2.18. The van der Waals surface area contributed by atoms with E-state index >= 15 is 0 Å². The standard InChI is InChI=1S/C25H22ClN3O2/c26-20-10-4-6-12-22(20)29-17-18(16-24(29)30)25-27-21-11-5-7-13-23(21)28(25)14-15-31-19-8-2-1-3-9-19/h1-13,18H,14-17H2. The SMILES string of the molecule is O=C1CC(c2nc3ccccc3n2CCOc2ccccc2)CN1c1ccccc1Cl. The molecule has 5 rings (SSSR count). The maximum absolute atomic E-state index is 12.8. The van der Waals surface area contributed by atoms with Gasteiger partial charge in [-0.1, -0.05) is 54.1 Å². The van der Waals surface area contributed by atoms with Crippen LogP contribution in [0.5, 0.6) is 5.75 Å². The van der Waals surface area contributed by atoms with Crippen molar-refractivity contribution in [1.29, 1.82) is 0 Å². The Morgan fingerprint density at radius 3 is 2.55 bits per heavy atom. The average Bonchev–Trinajstić information content (AvgIpc) is 3.35. The fourth-order valence-electron chi connectivity index (χ4n) is 4.20. The summed E-state index contributed by atoms with van der Waals surface area (Å²) in [6.07, 6.45) is 0.411. The number of aromatic nitrogens is 2. The summed E-state index contributed by atoms with van der Waals surface area (Å²) in [6, 6.07) is 25.3. The van der Waals surface area contributed by atoms with Gasteiger partial charge in [0, 0.05) is 18.9 Å². The third-order valence-electron chi connectivity index (χ3n) is 5.64. The van der Waals surface area contributed by atoms with E-state index < -0.39 is 0 Å². The first-order valence-corrected chi connectivity index (χ1v) is 10.8. The highest BCUT2D eigenvalue weighted by Crippen LogP contribution is 2.36. The second-order valence-electron chi connectivity index (χ2n) is 7.63. The zero-order valence-corrected chi connectivity index (χ0v) is 17.7. The summed E-state index contributed by atoms with van der Waals surface area (Å²) in [5.74, 6) is 1.82. The number of amides is 1. The Bertz CT molecular complexity index is 1220. The third-order valence-corrected chi connectivity index (χ3v) is 5.96. The number of ether oxygens (including phenoxy) is 1. The van der Waals surface area contributed by atoms with Crippen LogP contribution < -0.4 is 9.64 Å². The van der Waals surface area contributed by atoms with Gasteiger partial charge < -0.3 is 14.2 Å². The van der Waals surface area contributed by atoms with Crippen molar-refractivity contribution in [1.82, 2.24) is 9.55 Å². The number of halogens is 1. The van der Waals surface area contributed by atoms with E-state index in [-0.39, 0.29) is 11.8 Å². The molecule has 0 spiro atoms. The smallest absolute Gasteiger partial charge is 0.227 e. The number of carbonyl (C=O) groups excluding carboxylic acids is 1. The Morgan fingerprint density at radius 2 is 1.71 bits per heavy atom. The summed E-state index contributed by atoms with van der Waals surface area (Å²) in [6.45, 7) is 1.74. The highest BCUT2D eigenvalue weighted by Gasteiger charge is 2.35. The Balaban J connectivity index is 1.42. The van der Waals surface area contributed by atoms with Crippen molar-refractivity contribution in [3.8, 4) is 5.75 Å². The van der Waals surface area contributed by atoms with E-state index in [1.54, 1.807) is 4.90 Å². The maximum atomic E-state index is 12.8. The summed E-state index contributed by atoms with van der Waals surface area (Å²) in [7, 11) is 0. The van der Waals surface area contributed by atoms with Crippen molar-refractivity contribution in [2.45, 2.75) is 18.9 Å². The highest BCUT2D eigenvalue weighted by atomic mass is 35.5. The predicted octanol–water partition coefficient (Wildman–Crippen LogP) is 5.29. The van der Waals surface area contributed by atoms with Gasteiger partial charge >= 0.3 is 0 Å². The second kappa shape index (κ2) is 8.44. The summed E-state index contributed by atoms with van der Waals surface area (Å²) < 4.78 is 8.12. The van der Waals surface area contributed by atoms with Crippen molar-refractivity contribution < 1.29 is 9.53 Å². The Kier molecular flexibility index (Phi) is 5.35. The molecule has 0 N–H and O–H groups in total. The average molecular weight is 432 g/mol. The lowest BCUT2D eigenvalue weighted by atomic mass is 10.1. The van der Waals surface area contributed by atoms with Crippen LogP contribution in [0.1, 0.15) is 18.2 Å². The van der Waals surface area contributed by atoms with Crippen molar-refractivity contribution in [3.63, 3.8) is 0 Å². The van der Waals surface area contributed by atoms with Gasteiger partial charge in [0.25, 0.3) is 0 Å². The summed E-state index contributed by atoms with van der Waals surface area (Å²) in [4.78, 5) is 19.5. The molecule has 1 aliphatic rings. The van der Waals surface area contributed by atoms with Gasteiger partial charge in [-0.2, -0.15) is 0 Å². The topological polar surface area (TPSA) is 47.4 Å². The minimum Gasteiger partial charge on any atom is -0.492 e. The van der Waals surface area contributed by atoms with E-state index in [9.17, 15) is 4.79 Å². The van der Waals surface area contributed by atoms with Crippen LogP contribution in [0.2, 0.25) is 5.02 Å². The van der Waals surface area contributed by atoms with E-state index in [1.807, 2.05) is 72.8 Å². The molecular formula is C25H22ClN3O2. The normalized spacial score (nSPS) is 16.2. The van der Waals surface area contributed by atoms with Gasteiger partial charge in [-0.25, -0.2) is 4.98 Å². The van der Waals surface area contributed by atoms with Gasteiger partial charge in [-0.05, 0) is 36.4 Å². The van der Waals surface area contributed by atoms with Gasteiger partial charge in [-0.15, -0.1) is 0 Å². The number of carbonyl (C=O) groups is 1. The van der Waals surface area contributed by atoms with Crippen molar-refractivity contribution in [3.05, 3.63) is 89.7 Å². The van der Waals surface area contributed by atoms with E-state index in [0.717, 1.165) is 28.3 Å². The predicted molar refractivity (Wildman–Crippen MR) is 123 cm³/mol. The van der Waals surface area contributed by atoms with Crippen molar-refractivity contribution in [2.75, 3.05) is 18.1 Å². The highest BCUT2D eigenvalue weighted by molar-refractivity contribution is 6.33. The van der Waals surface area contributed by atoms with Crippen LogP contribution in [-0.2, 0) is 11.3 Å². The largest absolute Gasteiger partial charge is 0.492 e. The number of rotatable bonds is 6. The number of nitrogens with zero attached hydrogens (tertiary/aromatic N) is 3. The van der Waals surface area contributed by atoms with Crippen molar-refractivity contribution in [2.24, 2.45) is 0 Å². The van der Waals surface area contributed by atoms with Gasteiger partial charge in [0.1, 0.15) is 18.2 Å². The second-order valence-corrected chi connectivity index (χ2v) is 8.04. The molecule has 1 aromatic heterocycles. The summed E-state index contributed by atoms with van der Waals surface area (Å²) in [5, 5.41) is 0.585. The summed E-state index contributed by atoms with van der Waals surface area (Å²) in [5.41, 5.74) is 2.74. The van der Waals surface area contributed by atoms with Crippen molar-refractivity contribution >= 4 is 34.2 Å². The molecule has 0 aliphatic carbocycles. The van der Waals surface area contributed by atoms with Crippen LogP contribution in [0.25, 0.3) is 11.0 Å². The molecule has 1 unspecified atom stereocenters. The van der Waals surface area contributed by atoms with E-state index in [2.05, 4.69) is 10.6 Å². The van der Waals surface area contributed by atoms with Crippen LogP contribution in [0, 0.1) is 0 Å². The van der Waals surface area contributed by atoms with Gasteiger partial charge in [-0.3, -0.25) is 4.79 Å². The molecule has 0 radical (unpaired) electrons. The maximum Gasteiger partial charge on any atom is 0.227 e. The molecule has 1 fully saturated rings. The molecule has 1 amide bonds. The molecule has 2 heterocycles.